The topological polar surface area (TPSA) is 51.3 Å². The summed E-state index contributed by atoms with van der Waals surface area (Å²) in [6, 6.07) is 9.23. The third-order valence-electron chi connectivity index (χ3n) is 2.38. The number of aromatic nitrogens is 1. The molecule has 3 nitrogen and oxygen atoms in total. The molecule has 1 aromatic carbocycles. The highest BCUT2D eigenvalue weighted by atomic mass is 35.5. The van der Waals surface area contributed by atoms with Gasteiger partial charge in [-0.05, 0) is 36.8 Å². The Kier molecular flexibility index (Phi) is 3.40. The number of benzene rings is 1. The summed E-state index contributed by atoms with van der Waals surface area (Å²) in [5.74, 6) is 0.451. The van der Waals surface area contributed by atoms with Crippen LogP contribution in [0.2, 0.25) is 5.02 Å². The van der Waals surface area contributed by atoms with Crippen molar-refractivity contribution in [3.05, 3.63) is 58.9 Å². The minimum Gasteiger partial charge on any atom is -0.383 e. The van der Waals surface area contributed by atoms with Crippen molar-refractivity contribution in [2.75, 3.05) is 0 Å². The average Bonchev–Trinajstić information content (AvgIpc) is 2.35. The van der Waals surface area contributed by atoms with Crippen LogP contribution in [0.25, 0.3) is 0 Å². The molecule has 17 heavy (non-hydrogen) atoms. The first-order valence-corrected chi connectivity index (χ1v) is 5.55. The van der Waals surface area contributed by atoms with Gasteiger partial charge in [0.25, 0.3) is 0 Å². The van der Waals surface area contributed by atoms with E-state index in [-0.39, 0.29) is 0 Å². The Balaban J connectivity index is 2.33. The van der Waals surface area contributed by atoms with Crippen molar-refractivity contribution >= 4 is 23.1 Å². The van der Waals surface area contributed by atoms with Crippen molar-refractivity contribution in [1.29, 1.82) is 0 Å². The lowest BCUT2D eigenvalue weighted by atomic mass is 10.2. The summed E-state index contributed by atoms with van der Waals surface area (Å²) < 4.78 is 0. The van der Waals surface area contributed by atoms with Crippen LogP contribution in [0.5, 0.6) is 0 Å². The van der Waals surface area contributed by atoms with E-state index >= 15 is 0 Å². The maximum atomic E-state index is 6.02. The van der Waals surface area contributed by atoms with Gasteiger partial charge in [-0.3, -0.25) is 4.98 Å². The van der Waals surface area contributed by atoms with Gasteiger partial charge in [0.15, 0.2) is 0 Å². The number of hydrogen-bond donors (Lipinski definition) is 1. The van der Waals surface area contributed by atoms with Crippen LogP contribution in [0, 0.1) is 6.92 Å². The molecular formula is C13H12ClN3. The van der Waals surface area contributed by atoms with E-state index in [1.54, 1.807) is 18.5 Å². The molecule has 86 valence electrons. The molecule has 0 bridgehead atoms. The summed E-state index contributed by atoms with van der Waals surface area (Å²) in [6.45, 7) is 1.95. The minimum atomic E-state index is 0.451. The molecule has 2 rings (SSSR count). The Morgan fingerprint density at radius 1 is 1.24 bits per heavy atom. The summed E-state index contributed by atoms with van der Waals surface area (Å²) >= 11 is 6.02. The van der Waals surface area contributed by atoms with E-state index in [0.717, 1.165) is 16.8 Å². The van der Waals surface area contributed by atoms with Crippen molar-refractivity contribution in [3.8, 4) is 0 Å². The predicted octanol–water partition coefficient (Wildman–Crippen LogP) is 3.08. The molecule has 0 unspecified atom stereocenters. The smallest absolute Gasteiger partial charge is 0.131 e. The zero-order chi connectivity index (χ0) is 12.3. The van der Waals surface area contributed by atoms with E-state index in [1.807, 2.05) is 31.2 Å². The van der Waals surface area contributed by atoms with E-state index in [9.17, 15) is 0 Å². The molecule has 0 fully saturated rings. The normalized spacial score (nSPS) is 11.5. The molecule has 0 saturated carbocycles. The lowest BCUT2D eigenvalue weighted by Gasteiger charge is -2.02. The molecule has 1 aromatic heterocycles. The van der Waals surface area contributed by atoms with Crippen LogP contribution in [0.1, 0.15) is 11.1 Å². The Bertz CT molecular complexity index is 550. The lowest BCUT2D eigenvalue weighted by Crippen LogP contribution is -2.12. The fourth-order valence-electron chi connectivity index (χ4n) is 1.38. The summed E-state index contributed by atoms with van der Waals surface area (Å²) in [5, 5.41) is 0.689. The molecule has 2 N–H and O–H groups in total. The largest absolute Gasteiger partial charge is 0.383 e. The van der Waals surface area contributed by atoms with Gasteiger partial charge in [-0.2, -0.15) is 0 Å². The molecular weight excluding hydrogens is 234 g/mol. The molecule has 0 radical (unpaired) electrons. The van der Waals surface area contributed by atoms with Crippen molar-refractivity contribution < 1.29 is 0 Å². The second-order valence-electron chi connectivity index (χ2n) is 3.67. The molecule has 0 aliphatic heterocycles. The van der Waals surface area contributed by atoms with Gasteiger partial charge in [0, 0.05) is 23.0 Å². The Hall–Kier alpha value is -1.87. The molecule has 0 atom stereocenters. The van der Waals surface area contributed by atoms with Crippen molar-refractivity contribution in [1.82, 2.24) is 4.98 Å². The standard InChI is InChI=1S/C13H12ClN3/c1-9-2-3-11(8-12(9)14)17-13(15)10-4-6-16-7-5-10/h2-8H,1H3,(H2,15,17). The van der Waals surface area contributed by atoms with Crippen molar-refractivity contribution in [2.45, 2.75) is 6.92 Å². The monoisotopic (exact) mass is 245 g/mol. The SMILES string of the molecule is Cc1ccc(N=C(N)c2ccncc2)cc1Cl. The van der Waals surface area contributed by atoms with E-state index in [0.29, 0.717) is 10.9 Å². The second kappa shape index (κ2) is 4.97. The number of halogens is 1. The second-order valence-corrected chi connectivity index (χ2v) is 4.07. The Morgan fingerprint density at radius 2 is 1.94 bits per heavy atom. The predicted molar refractivity (Wildman–Crippen MR) is 70.8 cm³/mol. The molecule has 0 saturated heterocycles. The summed E-state index contributed by atoms with van der Waals surface area (Å²) in [5.41, 5.74) is 8.51. The van der Waals surface area contributed by atoms with E-state index < -0.39 is 0 Å². The maximum Gasteiger partial charge on any atom is 0.131 e. The molecule has 2 aromatic rings. The van der Waals surface area contributed by atoms with Crippen LogP contribution in [0.4, 0.5) is 5.69 Å². The van der Waals surface area contributed by atoms with Crippen LogP contribution >= 0.6 is 11.6 Å². The molecule has 0 aliphatic rings. The maximum absolute atomic E-state index is 6.02. The number of nitrogens with zero attached hydrogens (tertiary/aromatic N) is 2. The van der Waals surface area contributed by atoms with E-state index in [1.165, 1.54) is 0 Å². The first kappa shape index (κ1) is 11.6. The zero-order valence-corrected chi connectivity index (χ0v) is 10.1. The zero-order valence-electron chi connectivity index (χ0n) is 9.39. The molecule has 0 spiro atoms. The molecule has 1 heterocycles. The molecule has 0 amide bonds. The van der Waals surface area contributed by atoms with Crippen LogP contribution < -0.4 is 5.73 Å². The van der Waals surface area contributed by atoms with Gasteiger partial charge in [0.2, 0.25) is 0 Å². The van der Waals surface area contributed by atoms with Gasteiger partial charge < -0.3 is 5.73 Å². The van der Waals surface area contributed by atoms with Crippen molar-refractivity contribution in [3.63, 3.8) is 0 Å². The Morgan fingerprint density at radius 3 is 2.59 bits per heavy atom. The third-order valence-corrected chi connectivity index (χ3v) is 2.79. The van der Waals surface area contributed by atoms with Gasteiger partial charge in [-0.25, -0.2) is 4.99 Å². The summed E-state index contributed by atoms with van der Waals surface area (Å²) in [6.07, 6.45) is 3.36. The fourth-order valence-corrected chi connectivity index (χ4v) is 1.55. The molecule has 0 aliphatic carbocycles. The third kappa shape index (κ3) is 2.82. The summed E-state index contributed by atoms with van der Waals surface area (Å²) in [4.78, 5) is 8.24. The van der Waals surface area contributed by atoms with Gasteiger partial charge in [0.1, 0.15) is 5.84 Å². The van der Waals surface area contributed by atoms with E-state index in [4.69, 9.17) is 17.3 Å². The van der Waals surface area contributed by atoms with Crippen molar-refractivity contribution in [2.24, 2.45) is 10.7 Å². The summed E-state index contributed by atoms with van der Waals surface area (Å²) in [7, 11) is 0. The van der Waals surface area contributed by atoms with Gasteiger partial charge in [-0.15, -0.1) is 0 Å². The Labute approximate surface area is 105 Å². The minimum absolute atomic E-state index is 0.451. The lowest BCUT2D eigenvalue weighted by molar-refractivity contribution is 1.31. The van der Waals surface area contributed by atoms with Crippen LogP contribution in [0.15, 0.2) is 47.7 Å². The number of rotatable bonds is 2. The number of nitrogens with two attached hydrogens (primary N) is 1. The fraction of sp³-hybridized carbons (Fsp3) is 0.0769. The first-order chi connectivity index (χ1) is 8.16. The highest BCUT2D eigenvalue weighted by Gasteiger charge is 2.00. The highest BCUT2D eigenvalue weighted by molar-refractivity contribution is 6.31. The van der Waals surface area contributed by atoms with Crippen LogP contribution in [-0.4, -0.2) is 10.8 Å². The number of aliphatic imine (C=N–C) groups is 1. The van der Waals surface area contributed by atoms with Gasteiger partial charge in [-0.1, -0.05) is 17.7 Å². The van der Waals surface area contributed by atoms with E-state index in [2.05, 4.69) is 9.98 Å². The number of amidine groups is 1. The average molecular weight is 246 g/mol. The van der Waals surface area contributed by atoms with Gasteiger partial charge in [0.05, 0.1) is 5.69 Å². The van der Waals surface area contributed by atoms with Gasteiger partial charge >= 0.3 is 0 Å². The van der Waals surface area contributed by atoms with Crippen LogP contribution in [0.3, 0.4) is 0 Å². The number of hydrogen-bond acceptors (Lipinski definition) is 2. The number of pyridine rings is 1. The first-order valence-electron chi connectivity index (χ1n) is 5.17. The van der Waals surface area contributed by atoms with Crippen LogP contribution in [-0.2, 0) is 0 Å². The highest BCUT2D eigenvalue weighted by Crippen LogP contribution is 2.22. The molecule has 4 heteroatoms. The quantitative estimate of drug-likeness (QED) is 0.653. The number of aryl methyl sites for hydroxylation is 1.